The number of aromatic nitrogens is 2. The summed E-state index contributed by atoms with van der Waals surface area (Å²) in [4.78, 5) is 9.33. The molecule has 0 saturated heterocycles. The van der Waals surface area contributed by atoms with Crippen molar-refractivity contribution in [1.82, 2.24) is 9.97 Å². The van der Waals surface area contributed by atoms with Crippen LogP contribution in [0.5, 0.6) is 0 Å². The van der Waals surface area contributed by atoms with Gasteiger partial charge in [-0.1, -0.05) is 72.8 Å². The highest BCUT2D eigenvalue weighted by atomic mass is 31.0. The summed E-state index contributed by atoms with van der Waals surface area (Å²) < 4.78 is 0. The van der Waals surface area contributed by atoms with E-state index in [1.165, 1.54) is 71.0 Å². The van der Waals surface area contributed by atoms with Crippen molar-refractivity contribution in [2.45, 2.75) is 42.7 Å². The average molecular weight is 611 g/mol. The second-order valence-corrected chi connectivity index (χ2v) is 14.9. The lowest BCUT2D eigenvalue weighted by atomic mass is 9.43. The van der Waals surface area contributed by atoms with Gasteiger partial charge in [-0.2, -0.15) is 0 Å². The van der Waals surface area contributed by atoms with Gasteiger partial charge in [0, 0.05) is 24.8 Å². The number of benzene rings is 3. The molecule has 4 aliphatic carbocycles. The molecule has 0 amide bonds. The Bertz CT molecular complexity index is 1700. The van der Waals surface area contributed by atoms with Crippen LogP contribution in [0.3, 0.4) is 0 Å². The first-order chi connectivity index (χ1) is 21.6. The molecule has 4 heteroatoms. The molecular formula is C40H40N2P2. The van der Waals surface area contributed by atoms with E-state index in [1.807, 2.05) is 12.4 Å². The predicted molar refractivity (Wildman–Crippen MR) is 189 cm³/mol. The van der Waals surface area contributed by atoms with Gasteiger partial charge in [-0.15, -0.1) is 18.5 Å². The van der Waals surface area contributed by atoms with Gasteiger partial charge < -0.3 is 0 Å². The van der Waals surface area contributed by atoms with Crippen LogP contribution in [0.4, 0.5) is 0 Å². The van der Waals surface area contributed by atoms with Crippen LogP contribution in [0.1, 0.15) is 54.4 Å². The molecule has 2 aromatic heterocycles. The van der Waals surface area contributed by atoms with Gasteiger partial charge in [0.1, 0.15) is 0 Å². The largest absolute Gasteiger partial charge is 0.264 e. The molecule has 0 spiro atoms. The fourth-order valence-corrected chi connectivity index (χ4v) is 11.1. The Balaban J connectivity index is 1.50. The lowest BCUT2D eigenvalue weighted by Crippen LogP contribution is -2.56. The number of pyridine rings is 2. The van der Waals surface area contributed by atoms with E-state index in [2.05, 4.69) is 138 Å². The molecule has 0 radical (unpaired) electrons. The highest BCUT2D eigenvalue weighted by molar-refractivity contribution is 7.19. The zero-order chi connectivity index (χ0) is 29.7. The van der Waals surface area contributed by atoms with E-state index in [4.69, 9.17) is 0 Å². The third kappa shape index (κ3) is 4.52. The zero-order valence-electron chi connectivity index (χ0n) is 25.1. The minimum atomic E-state index is -0.509. The number of hydrogen-bond donors (Lipinski definition) is 0. The molecule has 0 N–H and O–H groups in total. The summed E-state index contributed by atoms with van der Waals surface area (Å²) in [6.45, 7) is 0. The molecule has 2 nitrogen and oxygen atoms in total. The molecule has 3 aromatic carbocycles. The first-order valence-corrected chi connectivity index (χ1v) is 17.6. The van der Waals surface area contributed by atoms with E-state index in [0.717, 1.165) is 23.9 Å². The number of hydrogen-bond acceptors (Lipinski definition) is 2. The maximum absolute atomic E-state index is 4.66. The second kappa shape index (κ2) is 11.3. The topological polar surface area (TPSA) is 25.8 Å². The van der Waals surface area contributed by atoms with Crippen molar-refractivity contribution in [3.05, 3.63) is 144 Å². The van der Waals surface area contributed by atoms with Gasteiger partial charge >= 0.3 is 0 Å². The highest BCUT2D eigenvalue weighted by Gasteiger charge is 2.58. The first-order valence-electron chi connectivity index (χ1n) is 16.2. The van der Waals surface area contributed by atoms with Crippen LogP contribution in [0.15, 0.2) is 122 Å². The van der Waals surface area contributed by atoms with Crippen LogP contribution >= 0.6 is 18.5 Å². The van der Waals surface area contributed by atoms with E-state index >= 15 is 0 Å². The fraction of sp³-hybridized carbons (Fsp3) is 0.300. The van der Waals surface area contributed by atoms with E-state index in [9.17, 15) is 0 Å². The smallest absolute Gasteiger partial charge is 0.0624 e. The minimum Gasteiger partial charge on any atom is -0.264 e. The van der Waals surface area contributed by atoms with Gasteiger partial charge in [0.25, 0.3) is 0 Å². The fourth-order valence-electron chi connectivity index (χ4n) is 9.70. The standard InChI is InChI=1S/C40H40N2P2/c43-26-38-31-18-27-17-28(19-31)23-39(38,22-27)36-20-34(29-9-3-1-4-10-29)35(30-11-5-2-6-12-30)21-37(36)40(44,32-13-7-15-41-24-32)33-14-8-16-42-25-33/h1-16,20-21,24-25,27-28,31,38H,17-19,22-23,26,43-44H2. The Hall–Kier alpha value is -3.18. The minimum absolute atomic E-state index is 0.150. The molecule has 4 bridgehead atoms. The Morgan fingerprint density at radius 2 is 1.23 bits per heavy atom. The van der Waals surface area contributed by atoms with Crippen molar-refractivity contribution in [3.63, 3.8) is 0 Å². The second-order valence-electron chi connectivity index (χ2n) is 13.6. The molecule has 4 fully saturated rings. The molecule has 9 rings (SSSR count). The monoisotopic (exact) mass is 610 g/mol. The van der Waals surface area contributed by atoms with E-state index in [0.29, 0.717) is 5.92 Å². The summed E-state index contributed by atoms with van der Waals surface area (Å²) in [5, 5.41) is -0.509. The molecule has 4 aliphatic rings. The highest BCUT2D eigenvalue weighted by Crippen LogP contribution is 2.66. The van der Waals surface area contributed by atoms with E-state index < -0.39 is 5.16 Å². The maximum Gasteiger partial charge on any atom is 0.0624 e. The van der Waals surface area contributed by atoms with Crippen molar-refractivity contribution in [2.24, 2.45) is 23.7 Å². The van der Waals surface area contributed by atoms with Gasteiger partial charge in [-0.3, -0.25) is 9.97 Å². The summed E-state index contributed by atoms with van der Waals surface area (Å²) in [7, 11) is 6.52. The third-order valence-electron chi connectivity index (χ3n) is 11.3. The Morgan fingerprint density at radius 1 is 0.682 bits per heavy atom. The summed E-state index contributed by atoms with van der Waals surface area (Å²) in [5.41, 5.74) is 10.6. The van der Waals surface area contributed by atoms with E-state index in [1.54, 1.807) is 5.56 Å². The molecule has 4 saturated carbocycles. The molecular weight excluding hydrogens is 570 g/mol. The lowest BCUT2D eigenvalue weighted by molar-refractivity contribution is -0.0521. The molecule has 2 heterocycles. The van der Waals surface area contributed by atoms with Crippen molar-refractivity contribution in [1.29, 1.82) is 0 Å². The molecule has 0 aliphatic heterocycles. The summed E-state index contributed by atoms with van der Waals surface area (Å²) in [5.74, 6) is 3.15. The lowest BCUT2D eigenvalue weighted by Gasteiger charge is -2.62. The maximum atomic E-state index is 4.66. The summed E-state index contributed by atoms with van der Waals surface area (Å²) >= 11 is 0. The van der Waals surface area contributed by atoms with Gasteiger partial charge in [-0.05, 0) is 136 Å². The van der Waals surface area contributed by atoms with Gasteiger partial charge in [0.15, 0.2) is 0 Å². The van der Waals surface area contributed by atoms with Crippen LogP contribution in [-0.2, 0) is 10.6 Å². The van der Waals surface area contributed by atoms with Crippen molar-refractivity contribution in [3.8, 4) is 22.3 Å². The average Bonchev–Trinajstić information content (AvgIpc) is 3.08. The van der Waals surface area contributed by atoms with Crippen LogP contribution < -0.4 is 0 Å². The molecule has 44 heavy (non-hydrogen) atoms. The molecule has 220 valence electrons. The Kier molecular flexibility index (Phi) is 7.28. The van der Waals surface area contributed by atoms with Crippen molar-refractivity contribution < 1.29 is 0 Å². The van der Waals surface area contributed by atoms with Crippen LogP contribution in [0, 0.1) is 23.7 Å². The summed E-state index contributed by atoms with van der Waals surface area (Å²) in [6, 6.07) is 35.9. The zero-order valence-corrected chi connectivity index (χ0v) is 27.5. The normalized spacial score (nSPS) is 25.7. The van der Waals surface area contributed by atoms with Crippen molar-refractivity contribution in [2.75, 3.05) is 6.16 Å². The first kappa shape index (κ1) is 28.3. The van der Waals surface area contributed by atoms with Crippen LogP contribution in [-0.4, -0.2) is 16.1 Å². The Morgan fingerprint density at radius 3 is 1.73 bits per heavy atom. The quantitative estimate of drug-likeness (QED) is 0.172. The van der Waals surface area contributed by atoms with Gasteiger partial charge in [-0.25, -0.2) is 0 Å². The van der Waals surface area contributed by atoms with Gasteiger partial charge in [0.05, 0.1) is 5.16 Å². The molecule has 5 atom stereocenters. The van der Waals surface area contributed by atoms with Crippen LogP contribution in [0.2, 0.25) is 0 Å². The Labute approximate surface area is 266 Å². The summed E-state index contributed by atoms with van der Waals surface area (Å²) in [6.07, 6.45) is 15.9. The third-order valence-corrected chi connectivity index (χ3v) is 12.8. The van der Waals surface area contributed by atoms with Crippen molar-refractivity contribution >= 4 is 18.5 Å². The van der Waals surface area contributed by atoms with E-state index in [-0.39, 0.29) is 5.41 Å². The molecule has 5 unspecified atom stereocenters. The number of rotatable bonds is 7. The predicted octanol–water partition coefficient (Wildman–Crippen LogP) is 9.55. The number of nitrogens with zero attached hydrogens (tertiary/aromatic N) is 2. The van der Waals surface area contributed by atoms with Gasteiger partial charge in [0.2, 0.25) is 0 Å². The molecule has 5 aromatic rings. The SMILES string of the molecule is PCC1C2CC3CC(C2)CC1(c1cc(-c2ccccc2)c(-c2ccccc2)cc1C(P)(c1cccnc1)c1cccnc1)C3. The van der Waals surface area contributed by atoms with Crippen LogP contribution in [0.25, 0.3) is 22.3 Å².